The van der Waals surface area contributed by atoms with Crippen LogP contribution in [0, 0.1) is 11.3 Å². The molecule has 1 N–H and O–H groups in total. The lowest BCUT2D eigenvalue weighted by molar-refractivity contribution is 0.102. The van der Waals surface area contributed by atoms with Crippen molar-refractivity contribution in [3.8, 4) is 11.5 Å². The summed E-state index contributed by atoms with van der Waals surface area (Å²) in [4.78, 5) is 19.6. The first-order valence-corrected chi connectivity index (χ1v) is 13.0. The first kappa shape index (κ1) is 23.1. The van der Waals surface area contributed by atoms with Crippen LogP contribution in [0.2, 0.25) is 0 Å². The number of amides is 1. The molecule has 1 atom stereocenters. The number of halogens is 1. The number of rotatable bonds is 4. The Kier molecular flexibility index (Phi) is 6.25. The molecular formula is C27H27BrN2O3S. The first-order chi connectivity index (χ1) is 16.3. The fraction of sp³-hybridized carbons (Fsp3) is 0.333. The van der Waals surface area contributed by atoms with Gasteiger partial charge in [0.2, 0.25) is 6.79 Å². The van der Waals surface area contributed by atoms with E-state index >= 15 is 0 Å². The van der Waals surface area contributed by atoms with Crippen LogP contribution in [0.3, 0.4) is 0 Å². The second kappa shape index (κ2) is 9.19. The number of hydrogen-bond donors (Lipinski definition) is 1. The summed E-state index contributed by atoms with van der Waals surface area (Å²) >= 11 is 5.09. The van der Waals surface area contributed by atoms with E-state index in [1.807, 2.05) is 42.5 Å². The lowest BCUT2D eigenvalue weighted by atomic mass is 9.72. The molecule has 0 radical (unpaired) electrons. The molecule has 0 fully saturated rings. The van der Waals surface area contributed by atoms with Crippen LogP contribution in [-0.2, 0) is 12.8 Å². The van der Waals surface area contributed by atoms with Gasteiger partial charge in [0.25, 0.3) is 5.91 Å². The van der Waals surface area contributed by atoms with Crippen molar-refractivity contribution in [2.24, 2.45) is 16.3 Å². The van der Waals surface area contributed by atoms with Gasteiger partial charge in [-0.25, -0.2) is 4.99 Å². The Labute approximate surface area is 212 Å². The molecule has 176 valence electrons. The van der Waals surface area contributed by atoms with Crippen molar-refractivity contribution in [3.05, 3.63) is 68.5 Å². The van der Waals surface area contributed by atoms with Crippen molar-refractivity contribution >= 4 is 50.1 Å². The van der Waals surface area contributed by atoms with E-state index in [1.165, 1.54) is 4.88 Å². The SMILES string of the molecule is CC(C)(C)C1CCc2c(sc(N=Cc3ccc4c(c3)OCO4)c2C(=O)Nc2ccc(Br)cc2)C1. The summed E-state index contributed by atoms with van der Waals surface area (Å²) in [5, 5.41) is 3.83. The molecule has 1 aromatic heterocycles. The predicted molar refractivity (Wildman–Crippen MR) is 141 cm³/mol. The van der Waals surface area contributed by atoms with Gasteiger partial charge in [-0.1, -0.05) is 36.7 Å². The smallest absolute Gasteiger partial charge is 0.259 e. The zero-order valence-corrected chi connectivity index (χ0v) is 21.9. The van der Waals surface area contributed by atoms with E-state index in [-0.39, 0.29) is 18.1 Å². The Balaban J connectivity index is 1.48. The van der Waals surface area contributed by atoms with Gasteiger partial charge in [0.05, 0.1) is 5.56 Å². The van der Waals surface area contributed by atoms with Crippen molar-refractivity contribution in [1.29, 1.82) is 0 Å². The van der Waals surface area contributed by atoms with Crippen molar-refractivity contribution in [2.45, 2.75) is 40.0 Å². The monoisotopic (exact) mass is 538 g/mol. The topological polar surface area (TPSA) is 59.9 Å². The average Bonchev–Trinajstić information content (AvgIpc) is 3.41. The van der Waals surface area contributed by atoms with Gasteiger partial charge in [-0.2, -0.15) is 0 Å². The number of thiophene rings is 1. The quantitative estimate of drug-likeness (QED) is 0.352. The lowest BCUT2D eigenvalue weighted by Crippen LogP contribution is -2.27. The molecule has 5 nitrogen and oxygen atoms in total. The maximum atomic E-state index is 13.5. The highest BCUT2D eigenvalue weighted by Gasteiger charge is 2.33. The molecule has 2 heterocycles. The van der Waals surface area contributed by atoms with Crippen molar-refractivity contribution in [1.82, 2.24) is 0 Å². The first-order valence-electron chi connectivity index (χ1n) is 11.4. The summed E-state index contributed by atoms with van der Waals surface area (Å²) < 4.78 is 11.9. The predicted octanol–water partition coefficient (Wildman–Crippen LogP) is 7.39. The number of carbonyl (C=O) groups is 1. The second-order valence-corrected chi connectivity index (χ2v) is 11.8. The summed E-state index contributed by atoms with van der Waals surface area (Å²) in [7, 11) is 0. The van der Waals surface area contributed by atoms with Gasteiger partial charge in [0.15, 0.2) is 11.5 Å². The van der Waals surface area contributed by atoms with Gasteiger partial charge in [-0.05, 0) is 84.2 Å². The standard InChI is InChI=1S/C27H27BrN2O3S/c1-27(2,3)17-5-10-20-23(13-17)34-26(24(20)25(31)30-19-8-6-18(28)7-9-19)29-14-16-4-11-21-22(12-16)33-15-32-21/h4,6-9,11-12,14,17H,5,10,13,15H2,1-3H3,(H,30,31). The van der Waals surface area contributed by atoms with Crippen LogP contribution in [0.15, 0.2) is 51.9 Å². The molecule has 2 aromatic carbocycles. The number of fused-ring (bicyclic) bond motifs is 2. The minimum absolute atomic E-state index is 0.105. The molecule has 34 heavy (non-hydrogen) atoms. The van der Waals surface area contributed by atoms with Crippen molar-refractivity contribution in [3.63, 3.8) is 0 Å². The Morgan fingerprint density at radius 2 is 1.91 bits per heavy atom. The third-order valence-corrected chi connectivity index (χ3v) is 8.22. The summed E-state index contributed by atoms with van der Waals surface area (Å²) in [6.07, 6.45) is 4.77. The molecule has 0 saturated heterocycles. The van der Waals surface area contributed by atoms with Crippen LogP contribution >= 0.6 is 27.3 Å². The third kappa shape index (κ3) is 4.77. The zero-order chi connectivity index (χ0) is 23.9. The Morgan fingerprint density at radius 1 is 1.15 bits per heavy atom. The number of anilines is 1. The molecule has 2 aliphatic rings. The van der Waals surface area contributed by atoms with Crippen LogP contribution < -0.4 is 14.8 Å². The molecule has 1 unspecified atom stereocenters. The number of nitrogens with one attached hydrogen (secondary N) is 1. The fourth-order valence-electron chi connectivity index (χ4n) is 4.49. The molecular weight excluding hydrogens is 512 g/mol. The van der Waals surface area contributed by atoms with Crippen LogP contribution in [0.5, 0.6) is 11.5 Å². The number of nitrogens with zero attached hydrogens (tertiary/aromatic N) is 1. The number of benzene rings is 2. The Hall–Kier alpha value is -2.64. The molecule has 0 saturated carbocycles. The molecule has 7 heteroatoms. The normalized spacial score (nSPS) is 17.1. The minimum atomic E-state index is -0.105. The number of aliphatic imine (C=N–C) groups is 1. The fourth-order valence-corrected chi connectivity index (χ4v) is 6.02. The molecule has 1 amide bonds. The second-order valence-electron chi connectivity index (χ2n) is 9.82. The molecule has 3 aromatic rings. The summed E-state index contributed by atoms with van der Waals surface area (Å²) in [5.41, 5.74) is 3.76. The van der Waals surface area contributed by atoms with E-state index in [4.69, 9.17) is 14.5 Å². The lowest BCUT2D eigenvalue weighted by Gasteiger charge is -2.33. The van der Waals surface area contributed by atoms with Crippen LogP contribution in [0.25, 0.3) is 0 Å². The molecule has 1 aliphatic heterocycles. The van der Waals surface area contributed by atoms with Crippen LogP contribution in [0.1, 0.15) is 53.6 Å². The Morgan fingerprint density at radius 3 is 2.68 bits per heavy atom. The van der Waals surface area contributed by atoms with Crippen LogP contribution in [0.4, 0.5) is 10.7 Å². The average molecular weight is 539 g/mol. The largest absolute Gasteiger partial charge is 0.454 e. The van der Waals surface area contributed by atoms with Gasteiger partial charge in [0.1, 0.15) is 5.00 Å². The van der Waals surface area contributed by atoms with Gasteiger partial charge in [-0.3, -0.25) is 4.79 Å². The number of carbonyl (C=O) groups excluding carboxylic acids is 1. The van der Waals surface area contributed by atoms with E-state index in [2.05, 4.69) is 42.0 Å². The molecule has 1 aliphatic carbocycles. The van der Waals surface area contributed by atoms with E-state index in [0.717, 1.165) is 57.0 Å². The highest BCUT2D eigenvalue weighted by Crippen LogP contribution is 2.45. The van der Waals surface area contributed by atoms with Gasteiger partial charge >= 0.3 is 0 Å². The van der Waals surface area contributed by atoms with Gasteiger partial charge in [-0.15, -0.1) is 11.3 Å². The van der Waals surface area contributed by atoms with Crippen molar-refractivity contribution < 1.29 is 14.3 Å². The molecule has 5 rings (SSSR count). The van der Waals surface area contributed by atoms with E-state index in [0.29, 0.717) is 11.5 Å². The highest BCUT2D eigenvalue weighted by atomic mass is 79.9. The minimum Gasteiger partial charge on any atom is -0.454 e. The maximum Gasteiger partial charge on any atom is 0.259 e. The summed E-state index contributed by atoms with van der Waals surface area (Å²) in [5.74, 6) is 1.95. The van der Waals surface area contributed by atoms with Crippen molar-refractivity contribution in [2.75, 3.05) is 12.1 Å². The molecule has 0 bridgehead atoms. The zero-order valence-electron chi connectivity index (χ0n) is 19.5. The highest BCUT2D eigenvalue weighted by molar-refractivity contribution is 9.10. The molecule has 0 spiro atoms. The van der Waals surface area contributed by atoms with E-state index < -0.39 is 0 Å². The Bertz CT molecular complexity index is 1260. The summed E-state index contributed by atoms with van der Waals surface area (Å²) in [6.45, 7) is 7.14. The summed E-state index contributed by atoms with van der Waals surface area (Å²) in [6, 6.07) is 13.4. The number of hydrogen-bond acceptors (Lipinski definition) is 5. The third-order valence-electron chi connectivity index (χ3n) is 6.53. The van der Waals surface area contributed by atoms with E-state index in [9.17, 15) is 4.79 Å². The number of ether oxygens (including phenoxy) is 2. The van der Waals surface area contributed by atoms with Gasteiger partial charge < -0.3 is 14.8 Å². The van der Waals surface area contributed by atoms with E-state index in [1.54, 1.807) is 17.6 Å². The van der Waals surface area contributed by atoms with Gasteiger partial charge in [0, 0.05) is 21.3 Å². The maximum absolute atomic E-state index is 13.5. The van der Waals surface area contributed by atoms with Crippen LogP contribution in [-0.4, -0.2) is 18.9 Å².